The van der Waals surface area contributed by atoms with Crippen LogP contribution >= 0.6 is 11.3 Å². The lowest BCUT2D eigenvalue weighted by Gasteiger charge is -2.19. The minimum atomic E-state index is 1.24. The van der Waals surface area contributed by atoms with Crippen LogP contribution < -0.4 is 0 Å². The standard InChI is InChI=1S/C42H26S/c1-2-11-28(12-3-1)41-32-15-4-6-17-34(32)42(35-18-7-5-16-33(35)41)36-19-10-13-27-21-22-29(25-37(27)36)30-23-24-40-38(26-30)31-14-8-9-20-39(31)43-40/h1-26H. The molecule has 0 atom stereocenters. The summed E-state index contributed by atoms with van der Waals surface area (Å²) >= 11 is 1.87. The summed E-state index contributed by atoms with van der Waals surface area (Å²) in [4.78, 5) is 0. The molecule has 0 fully saturated rings. The van der Waals surface area contributed by atoms with E-state index in [4.69, 9.17) is 0 Å². The van der Waals surface area contributed by atoms with Gasteiger partial charge in [-0.15, -0.1) is 11.3 Å². The first-order chi connectivity index (χ1) is 21.3. The molecule has 9 rings (SSSR count). The van der Waals surface area contributed by atoms with E-state index in [1.54, 1.807) is 0 Å². The Morgan fingerprint density at radius 1 is 0.302 bits per heavy atom. The van der Waals surface area contributed by atoms with Crippen molar-refractivity contribution in [1.29, 1.82) is 0 Å². The molecule has 43 heavy (non-hydrogen) atoms. The fourth-order valence-electron chi connectivity index (χ4n) is 6.91. The van der Waals surface area contributed by atoms with Gasteiger partial charge in [-0.25, -0.2) is 0 Å². The van der Waals surface area contributed by atoms with Crippen molar-refractivity contribution in [1.82, 2.24) is 0 Å². The number of fused-ring (bicyclic) bond motifs is 6. The molecule has 1 heteroatoms. The summed E-state index contributed by atoms with van der Waals surface area (Å²) in [7, 11) is 0. The maximum atomic E-state index is 2.40. The third-order valence-corrected chi connectivity index (χ3v) is 10.0. The zero-order chi connectivity index (χ0) is 28.3. The Labute approximate surface area is 254 Å². The quantitative estimate of drug-likeness (QED) is 0.188. The summed E-state index contributed by atoms with van der Waals surface area (Å²) in [5, 5.41) is 10.3. The van der Waals surface area contributed by atoms with E-state index in [0.717, 1.165) is 0 Å². The predicted molar refractivity (Wildman–Crippen MR) is 188 cm³/mol. The third-order valence-electron chi connectivity index (χ3n) is 8.86. The van der Waals surface area contributed by atoms with Crippen molar-refractivity contribution in [2.75, 3.05) is 0 Å². The molecule has 0 N–H and O–H groups in total. The number of hydrogen-bond acceptors (Lipinski definition) is 1. The lowest BCUT2D eigenvalue weighted by molar-refractivity contribution is 1.66. The second-order valence-electron chi connectivity index (χ2n) is 11.3. The summed E-state index contributed by atoms with van der Waals surface area (Å²) < 4.78 is 2.68. The first kappa shape index (κ1) is 24.4. The fraction of sp³-hybridized carbons (Fsp3) is 0. The molecule has 8 aromatic carbocycles. The summed E-state index contributed by atoms with van der Waals surface area (Å²) in [6.07, 6.45) is 0. The van der Waals surface area contributed by atoms with Crippen molar-refractivity contribution in [3.05, 3.63) is 158 Å². The summed E-state index contributed by atoms with van der Waals surface area (Å²) in [5.41, 5.74) is 7.61. The van der Waals surface area contributed by atoms with Gasteiger partial charge in [0.15, 0.2) is 0 Å². The van der Waals surface area contributed by atoms with Gasteiger partial charge in [-0.3, -0.25) is 0 Å². The van der Waals surface area contributed by atoms with Gasteiger partial charge >= 0.3 is 0 Å². The number of rotatable bonds is 3. The number of thiophene rings is 1. The van der Waals surface area contributed by atoms with Crippen LogP contribution in [-0.4, -0.2) is 0 Å². The van der Waals surface area contributed by atoms with Crippen LogP contribution in [0.4, 0.5) is 0 Å². The molecule has 1 heterocycles. The van der Waals surface area contributed by atoms with Crippen molar-refractivity contribution in [3.8, 4) is 33.4 Å². The maximum absolute atomic E-state index is 2.40. The van der Waals surface area contributed by atoms with Gasteiger partial charge in [-0.1, -0.05) is 133 Å². The Hall–Kier alpha value is -5.24. The van der Waals surface area contributed by atoms with Gasteiger partial charge in [0, 0.05) is 20.2 Å². The van der Waals surface area contributed by atoms with Gasteiger partial charge in [-0.05, 0) is 90.0 Å². The van der Waals surface area contributed by atoms with Crippen LogP contribution in [-0.2, 0) is 0 Å². The van der Waals surface area contributed by atoms with Gasteiger partial charge in [0.1, 0.15) is 0 Å². The average Bonchev–Trinajstić information content (AvgIpc) is 3.45. The Morgan fingerprint density at radius 3 is 1.58 bits per heavy atom. The largest absolute Gasteiger partial charge is 0.135 e. The first-order valence-corrected chi connectivity index (χ1v) is 15.6. The summed E-state index contributed by atoms with van der Waals surface area (Å²) in [5.74, 6) is 0. The molecule has 0 aliphatic rings. The molecule has 0 spiro atoms. The minimum Gasteiger partial charge on any atom is -0.135 e. The molecule has 200 valence electrons. The Balaban J connectivity index is 1.33. The Morgan fingerprint density at radius 2 is 0.860 bits per heavy atom. The number of benzene rings is 8. The molecule has 0 nitrogen and oxygen atoms in total. The summed E-state index contributed by atoms with van der Waals surface area (Å²) in [6, 6.07) is 58.0. The van der Waals surface area contributed by atoms with Crippen LogP contribution in [0.3, 0.4) is 0 Å². The lowest BCUT2D eigenvalue weighted by Crippen LogP contribution is -1.91. The van der Waals surface area contributed by atoms with E-state index in [0.29, 0.717) is 0 Å². The van der Waals surface area contributed by atoms with Gasteiger partial charge in [0.2, 0.25) is 0 Å². The van der Waals surface area contributed by atoms with Crippen LogP contribution in [0.2, 0.25) is 0 Å². The van der Waals surface area contributed by atoms with Crippen LogP contribution in [0.1, 0.15) is 0 Å². The van der Waals surface area contributed by atoms with Crippen molar-refractivity contribution in [3.63, 3.8) is 0 Å². The van der Waals surface area contributed by atoms with Crippen LogP contribution in [0.5, 0.6) is 0 Å². The van der Waals surface area contributed by atoms with Crippen LogP contribution in [0.15, 0.2) is 158 Å². The van der Waals surface area contributed by atoms with Crippen molar-refractivity contribution < 1.29 is 0 Å². The average molecular weight is 563 g/mol. The van der Waals surface area contributed by atoms with E-state index >= 15 is 0 Å². The predicted octanol–water partition coefficient (Wildman–Crippen LogP) is 12.5. The highest BCUT2D eigenvalue weighted by molar-refractivity contribution is 7.25. The molecule has 1 aromatic heterocycles. The Bertz CT molecular complexity index is 2440. The monoisotopic (exact) mass is 562 g/mol. The van der Waals surface area contributed by atoms with Crippen molar-refractivity contribution in [2.24, 2.45) is 0 Å². The fourth-order valence-corrected chi connectivity index (χ4v) is 8.00. The van der Waals surface area contributed by atoms with Gasteiger partial charge < -0.3 is 0 Å². The SMILES string of the molecule is c1ccc(-c2c3ccccc3c(-c3cccc4ccc(-c5ccc6sc7ccccc7c6c5)cc34)c3ccccc23)cc1. The molecular weight excluding hydrogens is 537 g/mol. The zero-order valence-electron chi connectivity index (χ0n) is 23.4. The Kier molecular flexibility index (Phi) is 5.47. The molecular formula is C42H26S. The van der Waals surface area contributed by atoms with Gasteiger partial charge in [0.05, 0.1) is 0 Å². The topological polar surface area (TPSA) is 0 Å². The highest BCUT2D eigenvalue weighted by atomic mass is 32.1. The normalized spacial score (nSPS) is 11.7. The molecule has 0 radical (unpaired) electrons. The van der Waals surface area contributed by atoms with E-state index in [2.05, 4.69) is 158 Å². The van der Waals surface area contributed by atoms with Crippen LogP contribution in [0, 0.1) is 0 Å². The first-order valence-electron chi connectivity index (χ1n) is 14.8. The summed E-state index contributed by atoms with van der Waals surface area (Å²) in [6.45, 7) is 0. The molecule has 0 amide bonds. The molecule has 0 aliphatic carbocycles. The molecule has 0 saturated heterocycles. The van der Waals surface area contributed by atoms with Gasteiger partial charge in [0.25, 0.3) is 0 Å². The van der Waals surface area contributed by atoms with E-state index in [-0.39, 0.29) is 0 Å². The zero-order valence-corrected chi connectivity index (χ0v) is 24.2. The third kappa shape index (κ3) is 3.82. The second-order valence-corrected chi connectivity index (χ2v) is 12.3. The number of hydrogen-bond donors (Lipinski definition) is 0. The molecule has 0 saturated carbocycles. The van der Waals surface area contributed by atoms with E-state index in [1.807, 2.05) is 11.3 Å². The van der Waals surface area contributed by atoms with Gasteiger partial charge in [-0.2, -0.15) is 0 Å². The molecule has 9 aromatic rings. The molecule has 0 aliphatic heterocycles. The minimum absolute atomic E-state index is 1.24. The van der Waals surface area contributed by atoms with E-state index in [1.165, 1.54) is 85.9 Å². The lowest BCUT2D eigenvalue weighted by atomic mass is 9.84. The van der Waals surface area contributed by atoms with Crippen molar-refractivity contribution in [2.45, 2.75) is 0 Å². The highest BCUT2D eigenvalue weighted by Crippen LogP contribution is 2.46. The van der Waals surface area contributed by atoms with E-state index in [9.17, 15) is 0 Å². The second kappa shape index (κ2) is 9.66. The molecule has 0 bridgehead atoms. The maximum Gasteiger partial charge on any atom is 0.0355 e. The van der Waals surface area contributed by atoms with Crippen molar-refractivity contribution >= 4 is 63.8 Å². The highest BCUT2D eigenvalue weighted by Gasteiger charge is 2.18. The smallest absolute Gasteiger partial charge is 0.0355 e. The van der Waals surface area contributed by atoms with E-state index < -0.39 is 0 Å². The molecule has 0 unspecified atom stereocenters. The van der Waals surface area contributed by atoms with Crippen LogP contribution in [0.25, 0.3) is 85.9 Å².